The van der Waals surface area contributed by atoms with Gasteiger partial charge in [-0.05, 0) is 24.1 Å². The highest BCUT2D eigenvalue weighted by atomic mass is 19.4. The lowest BCUT2D eigenvalue weighted by atomic mass is 10.00. The number of hydrogen-bond acceptors (Lipinski definition) is 2. The SMILES string of the molecule is C=C1c2ccccc2C(=O)N1C[C@@H](N)Cc1ccccc1C(F)(F)F. The molecule has 2 aromatic carbocycles. The third-order valence-corrected chi connectivity index (χ3v) is 4.26. The summed E-state index contributed by atoms with van der Waals surface area (Å²) >= 11 is 0. The van der Waals surface area contributed by atoms with Crippen molar-refractivity contribution in [2.45, 2.75) is 18.6 Å². The highest BCUT2D eigenvalue weighted by Gasteiger charge is 2.34. The molecule has 2 aromatic rings. The van der Waals surface area contributed by atoms with Gasteiger partial charge in [0, 0.05) is 29.4 Å². The van der Waals surface area contributed by atoms with E-state index in [2.05, 4.69) is 6.58 Å². The van der Waals surface area contributed by atoms with Crippen LogP contribution in [0.15, 0.2) is 55.1 Å². The van der Waals surface area contributed by atoms with Crippen molar-refractivity contribution in [1.29, 1.82) is 0 Å². The van der Waals surface area contributed by atoms with Crippen LogP contribution in [-0.4, -0.2) is 23.4 Å². The maximum atomic E-state index is 13.1. The quantitative estimate of drug-likeness (QED) is 0.917. The Kier molecular flexibility index (Phi) is 4.39. The molecule has 25 heavy (non-hydrogen) atoms. The summed E-state index contributed by atoms with van der Waals surface area (Å²) in [6, 6.07) is 11.8. The fraction of sp³-hybridized carbons (Fsp3) is 0.211. The standard InChI is InChI=1S/C19H17F3N2O/c1-12-15-7-3-4-8-16(15)18(25)24(12)11-14(23)10-13-6-2-5-9-17(13)19(20,21)22/h2-9,14H,1,10-11,23H2/t14-/m0/s1. The van der Waals surface area contributed by atoms with Gasteiger partial charge in [0.15, 0.2) is 0 Å². The van der Waals surface area contributed by atoms with Crippen LogP contribution in [0.4, 0.5) is 13.2 Å². The minimum Gasteiger partial charge on any atom is -0.326 e. The molecule has 0 fully saturated rings. The van der Waals surface area contributed by atoms with E-state index in [0.717, 1.165) is 11.6 Å². The zero-order chi connectivity index (χ0) is 18.2. The molecule has 2 N–H and O–H groups in total. The molecule has 3 rings (SSSR count). The van der Waals surface area contributed by atoms with E-state index in [1.807, 2.05) is 0 Å². The van der Waals surface area contributed by atoms with Gasteiger partial charge in [-0.1, -0.05) is 43.0 Å². The predicted octanol–water partition coefficient (Wildman–Crippen LogP) is 3.70. The van der Waals surface area contributed by atoms with E-state index in [1.54, 1.807) is 30.3 Å². The molecule has 6 heteroatoms. The highest BCUT2D eigenvalue weighted by Crippen LogP contribution is 2.33. The Morgan fingerprint density at radius 1 is 1.04 bits per heavy atom. The van der Waals surface area contributed by atoms with E-state index >= 15 is 0 Å². The molecule has 0 spiro atoms. The van der Waals surface area contributed by atoms with Crippen LogP contribution in [0.2, 0.25) is 0 Å². The Morgan fingerprint density at radius 2 is 1.64 bits per heavy atom. The number of hydrogen-bond donors (Lipinski definition) is 1. The fourth-order valence-electron chi connectivity index (χ4n) is 3.08. The van der Waals surface area contributed by atoms with Crippen LogP contribution < -0.4 is 5.73 Å². The molecule has 0 saturated carbocycles. The van der Waals surface area contributed by atoms with E-state index in [9.17, 15) is 18.0 Å². The Morgan fingerprint density at radius 3 is 2.28 bits per heavy atom. The zero-order valence-electron chi connectivity index (χ0n) is 13.4. The monoisotopic (exact) mass is 346 g/mol. The number of rotatable bonds is 4. The zero-order valence-corrected chi connectivity index (χ0v) is 13.4. The summed E-state index contributed by atoms with van der Waals surface area (Å²) in [5, 5.41) is 0. The van der Waals surface area contributed by atoms with Gasteiger partial charge in [-0.2, -0.15) is 13.2 Å². The Hall–Kier alpha value is -2.60. The van der Waals surface area contributed by atoms with E-state index in [1.165, 1.54) is 17.0 Å². The summed E-state index contributed by atoms with van der Waals surface area (Å²) in [7, 11) is 0. The Bertz CT molecular complexity index is 794. The molecule has 0 saturated heterocycles. The van der Waals surface area contributed by atoms with Gasteiger partial charge >= 0.3 is 6.18 Å². The second-order valence-corrected chi connectivity index (χ2v) is 6.03. The molecular weight excluding hydrogens is 329 g/mol. The number of carbonyl (C=O) groups is 1. The van der Waals surface area contributed by atoms with E-state index < -0.39 is 17.8 Å². The van der Waals surface area contributed by atoms with Crippen molar-refractivity contribution in [2.24, 2.45) is 5.73 Å². The maximum absolute atomic E-state index is 13.1. The third-order valence-electron chi connectivity index (χ3n) is 4.26. The van der Waals surface area contributed by atoms with Crippen molar-refractivity contribution >= 4 is 11.6 Å². The van der Waals surface area contributed by atoms with Gasteiger partial charge in [0.1, 0.15) is 0 Å². The summed E-state index contributed by atoms with van der Waals surface area (Å²) in [6.45, 7) is 4.02. The van der Waals surface area contributed by atoms with Gasteiger partial charge in [-0.25, -0.2) is 0 Å². The molecule has 1 aliphatic heterocycles. The van der Waals surface area contributed by atoms with Crippen molar-refractivity contribution in [2.75, 3.05) is 6.54 Å². The molecule has 130 valence electrons. The number of nitrogens with two attached hydrogens (primary N) is 1. The van der Waals surface area contributed by atoms with Crippen LogP contribution in [-0.2, 0) is 12.6 Å². The number of carbonyl (C=O) groups excluding carboxylic acids is 1. The first kappa shape index (κ1) is 17.2. The first-order chi connectivity index (χ1) is 11.8. The molecule has 0 aromatic heterocycles. The first-order valence-corrected chi connectivity index (χ1v) is 7.80. The summed E-state index contributed by atoms with van der Waals surface area (Å²) < 4.78 is 39.3. The lowest BCUT2D eigenvalue weighted by Gasteiger charge is -2.23. The third kappa shape index (κ3) is 3.30. The van der Waals surface area contributed by atoms with Crippen LogP contribution in [0.5, 0.6) is 0 Å². The molecule has 1 atom stereocenters. The first-order valence-electron chi connectivity index (χ1n) is 7.80. The largest absolute Gasteiger partial charge is 0.416 e. The average Bonchev–Trinajstić information content (AvgIpc) is 2.80. The highest BCUT2D eigenvalue weighted by molar-refractivity contribution is 6.08. The Labute approximate surface area is 143 Å². The van der Waals surface area contributed by atoms with Gasteiger partial charge < -0.3 is 10.6 Å². The van der Waals surface area contributed by atoms with Crippen molar-refractivity contribution in [1.82, 2.24) is 4.90 Å². The minimum atomic E-state index is -4.43. The number of fused-ring (bicyclic) bond motifs is 1. The minimum absolute atomic E-state index is 0.0170. The fourth-order valence-corrected chi connectivity index (χ4v) is 3.08. The topological polar surface area (TPSA) is 46.3 Å². The summed E-state index contributed by atoms with van der Waals surface area (Å²) in [6.07, 6.45) is -4.41. The van der Waals surface area contributed by atoms with E-state index in [4.69, 9.17) is 5.73 Å². The van der Waals surface area contributed by atoms with Crippen LogP contribution in [0, 0.1) is 0 Å². The summed E-state index contributed by atoms with van der Waals surface area (Å²) in [5.41, 5.74) is 7.28. The lowest BCUT2D eigenvalue weighted by Crippen LogP contribution is -2.38. The van der Waals surface area contributed by atoms with Crippen molar-refractivity contribution in [3.63, 3.8) is 0 Å². The predicted molar refractivity (Wildman–Crippen MR) is 89.6 cm³/mol. The molecular formula is C19H17F3N2O. The molecule has 1 heterocycles. The van der Waals surface area contributed by atoms with Crippen molar-refractivity contribution < 1.29 is 18.0 Å². The van der Waals surface area contributed by atoms with Crippen molar-refractivity contribution in [3.05, 3.63) is 77.4 Å². The van der Waals surface area contributed by atoms with Gasteiger partial charge in [0.25, 0.3) is 5.91 Å². The number of alkyl halides is 3. The molecule has 3 nitrogen and oxygen atoms in total. The number of benzene rings is 2. The number of halogens is 3. The normalized spacial score (nSPS) is 15.4. The van der Waals surface area contributed by atoms with Crippen LogP contribution in [0.25, 0.3) is 5.70 Å². The van der Waals surface area contributed by atoms with E-state index in [0.29, 0.717) is 11.3 Å². The number of amides is 1. The molecule has 1 aliphatic rings. The molecule has 0 aliphatic carbocycles. The van der Waals surface area contributed by atoms with Crippen molar-refractivity contribution in [3.8, 4) is 0 Å². The van der Waals surface area contributed by atoms with Gasteiger partial charge in [0.2, 0.25) is 0 Å². The van der Waals surface area contributed by atoms with Gasteiger partial charge in [-0.3, -0.25) is 4.79 Å². The molecule has 0 radical (unpaired) electrons. The number of nitrogens with zero attached hydrogens (tertiary/aromatic N) is 1. The Balaban J connectivity index is 1.76. The lowest BCUT2D eigenvalue weighted by molar-refractivity contribution is -0.138. The maximum Gasteiger partial charge on any atom is 0.416 e. The van der Waals surface area contributed by atoms with Gasteiger partial charge in [-0.15, -0.1) is 0 Å². The smallest absolute Gasteiger partial charge is 0.326 e. The summed E-state index contributed by atoms with van der Waals surface area (Å²) in [5.74, 6) is -0.222. The second-order valence-electron chi connectivity index (χ2n) is 6.03. The van der Waals surface area contributed by atoms with Crippen LogP contribution >= 0.6 is 0 Å². The van der Waals surface area contributed by atoms with Crippen LogP contribution in [0.3, 0.4) is 0 Å². The molecule has 0 bridgehead atoms. The molecule has 0 unspecified atom stereocenters. The van der Waals surface area contributed by atoms with Crippen LogP contribution in [0.1, 0.15) is 27.0 Å². The van der Waals surface area contributed by atoms with Gasteiger partial charge in [0.05, 0.1) is 5.56 Å². The van der Waals surface area contributed by atoms with E-state index in [-0.39, 0.29) is 24.4 Å². The summed E-state index contributed by atoms with van der Waals surface area (Å²) in [4.78, 5) is 13.9. The average molecular weight is 346 g/mol. The molecule has 1 amide bonds. The second kappa shape index (κ2) is 6.37.